The van der Waals surface area contributed by atoms with Crippen molar-refractivity contribution in [3.8, 4) is 0 Å². The molecule has 0 spiro atoms. The maximum Gasteiger partial charge on any atom is 0.0755 e. The number of azo groups is 1. The second kappa shape index (κ2) is 5.05. The predicted molar refractivity (Wildman–Crippen MR) is 66.7 cm³/mol. The molecule has 0 aromatic carbocycles. The topological polar surface area (TPSA) is 24.7 Å². The standard InChI is InChI=1S/C11H26N2Si/c1-8-9-10(14(5,6)7)12-13-11(2,3)4/h10H,8-9H2,1-7H3. The van der Waals surface area contributed by atoms with E-state index in [9.17, 15) is 0 Å². The van der Waals surface area contributed by atoms with Crippen molar-refractivity contribution >= 4 is 8.07 Å². The van der Waals surface area contributed by atoms with Gasteiger partial charge in [0.2, 0.25) is 0 Å². The van der Waals surface area contributed by atoms with E-state index in [1.165, 1.54) is 12.8 Å². The third kappa shape index (κ3) is 6.30. The van der Waals surface area contributed by atoms with Crippen LogP contribution in [0.5, 0.6) is 0 Å². The molecular weight excluding hydrogens is 188 g/mol. The molecule has 84 valence electrons. The molecule has 1 unspecified atom stereocenters. The van der Waals surface area contributed by atoms with E-state index in [1.54, 1.807) is 0 Å². The quantitative estimate of drug-likeness (QED) is 0.493. The molecule has 0 aromatic heterocycles. The van der Waals surface area contributed by atoms with Gasteiger partial charge in [0, 0.05) is 0 Å². The smallest absolute Gasteiger partial charge is 0.0755 e. The Labute approximate surface area is 90.2 Å². The average molecular weight is 214 g/mol. The van der Waals surface area contributed by atoms with Gasteiger partial charge in [-0.25, -0.2) is 0 Å². The highest BCUT2D eigenvalue weighted by atomic mass is 28.3. The van der Waals surface area contributed by atoms with Crippen molar-refractivity contribution < 1.29 is 0 Å². The Hall–Kier alpha value is -0.183. The summed E-state index contributed by atoms with van der Waals surface area (Å²) in [6.45, 7) is 15.6. The molecule has 0 bridgehead atoms. The lowest BCUT2D eigenvalue weighted by molar-refractivity contribution is 0.523. The van der Waals surface area contributed by atoms with Crippen LogP contribution in [0.4, 0.5) is 0 Å². The fourth-order valence-corrected chi connectivity index (χ4v) is 2.74. The summed E-state index contributed by atoms with van der Waals surface area (Å²) in [5.74, 6) is 0. The molecule has 0 fully saturated rings. The molecule has 1 atom stereocenters. The Morgan fingerprint density at radius 1 is 1.14 bits per heavy atom. The molecule has 0 aliphatic carbocycles. The van der Waals surface area contributed by atoms with Gasteiger partial charge in [-0.15, -0.1) is 0 Å². The zero-order valence-electron chi connectivity index (χ0n) is 10.9. The van der Waals surface area contributed by atoms with Crippen molar-refractivity contribution in [2.45, 2.75) is 71.4 Å². The van der Waals surface area contributed by atoms with Crippen LogP contribution in [0.2, 0.25) is 19.6 Å². The summed E-state index contributed by atoms with van der Waals surface area (Å²) >= 11 is 0. The van der Waals surface area contributed by atoms with Crippen molar-refractivity contribution in [3.63, 3.8) is 0 Å². The monoisotopic (exact) mass is 214 g/mol. The molecule has 0 aliphatic rings. The highest BCUT2D eigenvalue weighted by molar-refractivity contribution is 6.77. The molecule has 3 heteroatoms. The van der Waals surface area contributed by atoms with Crippen molar-refractivity contribution in [1.82, 2.24) is 0 Å². The van der Waals surface area contributed by atoms with E-state index in [0.29, 0.717) is 5.67 Å². The van der Waals surface area contributed by atoms with Crippen LogP contribution in [0.15, 0.2) is 10.2 Å². The van der Waals surface area contributed by atoms with Crippen LogP contribution in [0.1, 0.15) is 40.5 Å². The first-order valence-corrected chi connectivity index (χ1v) is 9.16. The van der Waals surface area contributed by atoms with Crippen molar-refractivity contribution in [2.24, 2.45) is 10.2 Å². The van der Waals surface area contributed by atoms with Gasteiger partial charge in [0.15, 0.2) is 0 Å². The summed E-state index contributed by atoms with van der Waals surface area (Å²) in [6, 6.07) is 0. The largest absolute Gasteiger partial charge is 0.194 e. The molecule has 0 radical (unpaired) electrons. The van der Waals surface area contributed by atoms with E-state index >= 15 is 0 Å². The first-order valence-electron chi connectivity index (χ1n) is 5.59. The van der Waals surface area contributed by atoms with Gasteiger partial charge < -0.3 is 0 Å². The molecule has 0 aromatic rings. The van der Waals surface area contributed by atoms with Gasteiger partial charge in [0.25, 0.3) is 0 Å². The molecule has 0 aliphatic heterocycles. The van der Waals surface area contributed by atoms with E-state index < -0.39 is 8.07 Å². The molecule has 0 N–H and O–H groups in total. The van der Waals surface area contributed by atoms with Gasteiger partial charge in [-0.2, -0.15) is 10.2 Å². The minimum Gasteiger partial charge on any atom is -0.194 e. The third-order valence-electron chi connectivity index (χ3n) is 2.06. The summed E-state index contributed by atoms with van der Waals surface area (Å²) in [7, 11) is -1.17. The van der Waals surface area contributed by atoms with Gasteiger partial charge in [-0.05, 0) is 27.2 Å². The van der Waals surface area contributed by atoms with Crippen LogP contribution in [0, 0.1) is 0 Å². The van der Waals surface area contributed by atoms with Gasteiger partial charge >= 0.3 is 0 Å². The van der Waals surface area contributed by atoms with Crippen molar-refractivity contribution in [2.75, 3.05) is 0 Å². The maximum atomic E-state index is 4.54. The lowest BCUT2D eigenvalue weighted by Gasteiger charge is -2.25. The van der Waals surface area contributed by atoms with Crippen LogP contribution >= 0.6 is 0 Å². The minimum absolute atomic E-state index is 0.0222. The summed E-state index contributed by atoms with van der Waals surface area (Å²) in [6.07, 6.45) is 2.40. The Bertz CT molecular complexity index is 186. The lowest BCUT2D eigenvalue weighted by atomic mass is 10.1. The first-order chi connectivity index (χ1) is 6.17. The highest BCUT2D eigenvalue weighted by Gasteiger charge is 2.26. The first kappa shape index (κ1) is 13.8. The molecule has 0 saturated carbocycles. The van der Waals surface area contributed by atoms with Gasteiger partial charge in [-0.1, -0.05) is 33.0 Å². The molecule has 2 nitrogen and oxygen atoms in total. The van der Waals surface area contributed by atoms with Crippen molar-refractivity contribution in [1.29, 1.82) is 0 Å². The number of nitrogens with zero attached hydrogens (tertiary/aromatic N) is 2. The zero-order chi connectivity index (χ0) is 11.4. The summed E-state index contributed by atoms with van der Waals surface area (Å²) in [5.41, 5.74) is 0.470. The summed E-state index contributed by atoms with van der Waals surface area (Å²) in [5, 5.41) is 8.94. The summed E-state index contributed by atoms with van der Waals surface area (Å²) < 4.78 is 0. The predicted octanol–water partition coefficient (Wildman–Crippen LogP) is 4.28. The fraction of sp³-hybridized carbons (Fsp3) is 1.00. The molecule has 0 amide bonds. The van der Waals surface area contributed by atoms with E-state index in [4.69, 9.17) is 0 Å². The van der Waals surface area contributed by atoms with Crippen molar-refractivity contribution in [3.05, 3.63) is 0 Å². The van der Waals surface area contributed by atoms with Crippen LogP contribution in [0.25, 0.3) is 0 Å². The Kier molecular flexibility index (Phi) is 4.99. The van der Waals surface area contributed by atoms with Crippen LogP contribution in [-0.2, 0) is 0 Å². The van der Waals surface area contributed by atoms with E-state index in [1.807, 2.05) is 0 Å². The maximum absolute atomic E-state index is 4.54. The normalized spacial score (nSPS) is 16.2. The van der Waals surface area contributed by atoms with Gasteiger partial charge in [-0.3, -0.25) is 0 Å². The lowest BCUT2D eigenvalue weighted by Crippen LogP contribution is -2.36. The fourth-order valence-electron chi connectivity index (χ4n) is 1.18. The highest BCUT2D eigenvalue weighted by Crippen LogP contribution is 2.19. The molecule has 0 rings (SSSR count). The number of hydrogen-bond donors (Lipinski definition) is 0. The second-order valence-corrected chi connectivity index (χ2v) is 11.5. The summed E-state index contributed by atoms with van der Waals surface area (Å²) in [4.78, 5) is 0. The average Bonchev–Trinajstić information content (AvgIpc) is 1.93. The minimum atomic E-state index is -1.17. The van der Waals surface area contributed by atoms with E-state index in [2.05, 4.69) is 57.6 Å². The Morgan fingerprint density at radius 2 is 1.64 bits per heavy atom. The molecule has 14 heavy (non-hydrogen) atoms. The Morgan fingerprint density at radius 3 is 1.93 bits per heavy atom. The van der Waals surface area contributed by atoms with Crippen LogP contribution in [0.3, 0.4) is 0 Å². The third-order valence-corrected chi connectivity index (χ3v) is 4.46. The van der Waals surface area contributed by atoms with Crippen LogP contribution < -0.4 is 0 Å². The molecule has 0 saturated heterocycles. The second-order valence-electron chi connectivity index (χ2n) is 6.06. The Balaban J connectivity index is 4.46. The SMILES string of the molecule is CCCC(N=NC(C)(C)C)[Si](C)(C)C. The van der Waals surface area contributed by atoms with Gasteiger partial charge in [0.1, 0.15) is 0 Å². The number of rotatable bonds is 4. The van der Waals surface area contributed by atoms with Crippen LogP contribution in [-0.4, -0.2) is 19.3 Å². The molecule has 0 heterocycles. The van der Waals surface area contributed by atoms with E-state index in [0.717, 1.165) is 0 Å². The van der Waals surface area contributed by atoms with Gasteiger partial charge in [0.05, 0.1) is 19.3 Å². The number of hydrogen-bond acceptors (Lipinski definition) is 2. The zero-order valence-corrected chi connectivity index (χ0v) is 11.9. The van der Waals surface area contributed by atoms with E-state index in [-0.39, 0.29) is 5.54 Å². The molecular formula is C11H26N2Si.